The van der Waals surface area contributed by atoms with Gasteiger partial charge in [-0.2, -0.15) is 0 Å². The van der Waals surface area contributed by atoms with Crippen LogP contribution >= 0.6 is 11.6 Å². The van der Waals surface area contributed by atoms with Crippen molar-refractivity contribution in [3.05, 3.63) is 58.9 Å². The molecule has 1 aliphatic heterocycles. The predicted molar refractivity (Wildman–Crippen MR) is 107 cm³/mol. The first-order valence-electron chi connectivity index (χ1n) is 9.67. The molecule has 2 aromatic rings. The summed E-state index contributed by atoms with van der Waals surface area (Å²) in [6.07, 6.45) is 0.196. The first-order valence-corrected chi connectivity index (χ1v) is 10.1. The molecule has 1 N–H and O–H groups in total. The van der Waals surface area contributed by atoms with Crippen molar-refractivity contribution >= 4 is 17.5 Å². The van der Waals surface area contributed by atoms with Crippen LogP contribution < -0.4 is 9.47 Å². The van der Waals surface area contributed by atoms with Gasteiger partial charge in [-0.25, -0.2) is 4.39 Å². The van der Waals surface area contributed by atoms with Gasteiger partial charge in [0.2, 0.25) is 0 Å². The van der Waals surface area contributed by atoms with E-state index < -0.39 is 6.10 Å². The van der Waals surface area contributed by atoms with Gasteiger partial charge in [-0.3, -0.25) is 4.79 Å². The van der Waals surface area contributed by atoms with E-state index in [1.807, 2.05) is 0 Å². The lowest BCUT2D eigenvalue weighted by molar-refractivity contribution is -0.0231. The highest BCUT2D eigenvalue weighted by atomic mass is 35.5. The number of hydrogen-bond donors (Lipinski definition) is 1. The van der Waals surface area contributed by atoms with Crippen LogP contribution in [0.2, 0.25) is 5.02 Å². The topological polar surface area (TPSA) is 59.0 Å². The number of rotatable bonds is 4. The quantitative estimate of drug-likeness (QED) is 0.819. The molecule has 2 aliphatic rings. The highest BCUT2D eigenvalue weighted by Gasteiger charge is 2.44. The molecule has 2 aromatic carbocycles. The van der Waals surface area contributed by atoms with Crippen molar-refractivity contribution in [3.63, 3.8) is 0 Å². The number of amides is 1. The van der Waals surface area contributed by atoms with E-state index in [-0.39, 0.29) is 29.7 Å². The fraction of sp³-hybridized carbons (Fsp3) is 0.409. The average molecular weight is 420 g/mol. The molecule has 29 heavy (non-hydrogen) atoms. The number of carbonyl (C=O) groups is 1. The molecule has 0 unspecified atom stereocenters. The predicted octanol–water partition coefficient (Wildman–Crippen LogP) is 3.78. The van der Waals surface area contributed by atoms with E-state index >= 15 is 0 Å². The lowest BCUT2D eigenvalue weighted by Gasteiger charge is -2.35. The Balaban J connectivity index is 1.45. The number of benzene rings is 2. The van der Waals surface area contributed by atoms with Gasteiger partial charge in [0.15, 0.2) is 0 Å². The molecular weight excluding hydrogens is 397 g/mol. The minimum atomic E-state index is -0.628. The molecule has 1 amide bonds. The maximum absolute atomic E-state index is 13.1. The number of nitrogens with zero attached hydrogens (tertiary/aromatic N) is 1. The van der Waals surface area contributed by atoms with Gasteiger partial charge in [-0.05, 0) is 67.1 Å². The summed E-state index contributed by atoms with van der Waals surface area (Å²) in [7, 11) is 1.53. The van der Waals surface area contributed by atoms with E-state index in [4.69, 9.17) is 21.1 Å². The minimum Gasteiger partial charge on any atom is -0.496 e. The van der Waals surface area contributed by atoms with Crippen molar-refractivity contribution < 1.29 is 23.8 Å². The number of likely N-dealkylation sites (tertiary alicyclic amines) is 1. The molecule has 0 spiro atoms. The summed E-state index contributed by atoms with van der Waals surface area (Å²) in [6, 6.07) is 10.8. The maximum Gasteiger partial charge on any atom is 0.257 e. The molecule has 7 heteroatoms. The summed E-state index contributed by atoms with van der Waals surface area (Å²) in [5.41, 5.74) is 0.443. The lowest BCUT2D eigenvalue weighted by atomic mass is 9.78. The summed E-state index contributed by atoms with van der Waals surface area (Å²) in [5.74, 6) is 1.02. The van der Waals surface area contributed by atoms with Crippen molar-refractivity contribution in [3.8, 4) is 11.5 Å². The van der Waals surface area contributed by atoms with E-state index in [0.29, 0.717) is 48.0 Å². The van der Waals surface area contributed by atoms with Gasteiger partial charge in [0.05, 0.1) is 18.8 Å². The Morgan fingerprint density at radius 1 is 1.14 bits per heavy atom. The molecule has 1 aliphatic carbocycles. The third-order valence-corrected chi connectivity index (χ3v) is 6.10. The summed E-state index contributed by atoms with van der Waals surface area (Å²) in [6.45, 7) is 1.18. The third-order valence-electron chi connectivity index (χ3n) is 5.87. The second kappa shape index (κ2) is 8.20. The molecule has 4 atom stereocenters. The van der Waals surface area contributed by atoms with Crippen LogP contribution in [0.25, 0.3) is 0 Å². The van der Waals surface area contributed by atoms with Gasteiger partial charge >= 0.3 is 0 Å². The smallest absolute Gasteiger partial charge is 0.257 e. The molecule has 154 valence electrons. The second-order valence-electron chi connectivity index (χ2n) is 7.72. The molecule has 0 radical (unpaired) electrons. The number of aliphatic hydroxyl groups excluding tert-OH is 1. The summed E-state index contributed by atoms with van der Waals surface area (Å²) >= 11 is 6.07. The number of hydrogen-bond acceptors (Lipinski definition) is 4. The van der Waals surface area contributed by atoms with Crippen LogP contribution in [0, 0.1) is 17.7 Å². The van der Waals surface area contributed by atoms with Crippen LogP contribution in [0.5, 0.6) is 11.5 Å². The Bertz CT molecular complexity index is 891. The highest BCUT2D eigenvalue weighted by Crippen LogP contribution is 2.39. The molecule has 0 aromatic heterocycles. The summed E-state index contributed by atoms with van der Waals surface area (Å²) in [5, 5.41) is 11.0. The van der Waals surface area contributed by atoms with Crippen molar-refractivity contribution in [2.75, 3.05) is 20.2 Å². The van der Waals surface area contributed by atoms with E-state index in [1.54, 1.807) is 35.2 Å². The Labute approximate surface area is 174 Å². The molecule has 1 saturated heterocycles. The van der Waals surface area contributed by atoms with Crippen LogP contribution in [0.15, 0.2) is 42.5 Å². The monoisotopic (exact) mass is 419 g/mol. The maximum atomic E-state index is 13.1. The number of carbonyl (C=O) groups excluding carboxylic acids is 1. The summed E-state index contributed by atoms with van der Waals surface area (Å²) < 4.78 is 24.3. The van der Waals surface area contributed by atoms with Crippen LogP contribution in [0.1, 0.15) is 23.2 Å². The second-order valence-corrected chi connectivity index (χ2v) is 8.16. The minimum absolute atomic E-state index is 0.121. The zero-order chi connectivity index (χ0) is 20.5. The molecule has 0 bridgehead atoms. The van der Waals surface area contributed by atoms with Gasteiger partial charge < -0.3 is 19.5 Å². The SMILES string of the molecule is COc1ccc(Cl)cc1C(=O)N1C[C@H]2C[C@@H](Oc3ccc(F)cc3)[C@H](O)C[C@H]2C1. The van der Waals surface area contributed by atoms with Crippen LogP contribution in [-0.2, 0) is 0 Å². The molecule has 1 heterocycles. The van der Waals surface area contributed by atoms with E-state index in [9.17, 15) is 14.3 Å². The van der Waals surface area contributed by atoms with E-state index in [0.717, 1.165) is 0 Å². The largest absolute Gasteiger partial charge is 0.496 e. The van der Waals surface area contributed by atoms with Gasteiger partial charge in [0.1, 0.15) is 23.4 Å². The number of methoxy groups -OCH3 is 1. The summed E-state index contributed by atoms with van der Waals surface area (Å²) in [4.78, 5) is 14.9. The lowest BCUT2D eigenvalue weighted by Crippen LogP contribution is -2.42. The highest BCUT2D eigenvalue weighted by molar-refractivity contribution is 6.31. The zero-order valence-corrected chi connectivity index (χ0v) is 16.8. The molecule has 4 rings (SSSR count). The fourth-order valence-electron chi connectivity index (χ4n) is 4.39. The Hall–Kier alpha value is -2.31. The first-order chi connectivity index (χ1) is 13.9. The number of halogens is 2. The number of ether oxygens (including phenoxy) is 2. The molecule has 2 fully saturated rings. The number of fused-ring (bicyclic) bond motifs is 1. The van der Waals surface area contributed by atoms with Gasteiger partial charge in [0.25, 0.3) is 5.91 Å². The standard InChI is InChI=1S/C22H23ClFNO4/c1-28-20-7-2-15(23)10-18(20)22(27)25-11-13-8-19(26)21(9-14(13)12-25)29-17-5-3-16(24)4-6-17/h2-7,10,13-14,19,21,26H,8-9,11-12H2,1H3/t13-,14+,19+,21+/m0/s1. The van der Waals surface area contributed by atoms with Crippen molar-refractivity contribution in [1.29, 1.82) is 0 Å². The van der Waals surface area contributed by atoms with Crippen molar-refractivity contribution in [1.82, 2.24) is 4.90 Å². The first kappa shape index (κ1) is 20.0. The molecular formula is C22H23ClFNO4. The van der Waals surface area contributed by atoms with Gasteiger partial charge in [-0.15, -0.1) is 0 Å². The Morgan fingerprint density at radius 3 is 2.52 bits per heavy atom. The average Bonchev–Trinajstić information content (AvgIpc) is 3.12. The van der Waals surface area contributed by atoms with Crippen molar-refractivity contribution in [2.45, 2.75) is 25.0 Å². The molecule has 5 nitrogen and oxygen atoms in total. The zero-order valence-electron chi connectivity index (χ0n) is 16.1. The van der Waals surface area contributed by atoms with Gasteiger partial charge in [0, 0.05) is 18.1 Å². The third kappa shape index (κ3) is 4.19. The van der Waals surface area contributed by atoms with Crippen LogP contribution in [0.4, 0.5) is 4.39 Å². The number of aliphatic hydroxyl groups is 1. The van der Waals surface area contributed by atoms with Crippen LogP contribution in [-0.4, -0.2) is 48.3 Å². The Morgan fingerprint density at radius 2 is 1.83 bits per heavy atom. The van der Waals surface area contributed by atoms with E-state index in [2.05, 4.69) is 0 Å². The van der Waals surface area contributed by atoms with Crippen molar-refractivity contribution in [2.24, 2.45) is 11.8 Å². The van der Waals surface area contributed by atoms with Crippen LogP contribution in [0.3, 0.4) is 0 Å². The fourth-order valence-corrected chi connectivity index (χ4v) is 4.56. The normalized spacial score (nSPS) is 26.1. The van der Waals surface area contributed by atoms with Gasteiger partial charge in [-0.1, -0.05) is 11.6 Å². The van der Waals surface area contributed by atoms with E-state index in [1.165, 1.54) is 19.2 Å². The Kier molecular flexibility index (Phi) is 5.65. The molecule has 1 saturated carbocycles.